The summed E-state index contributed by atoms with van der Waals surface area (Å²) in [6.07, 6.45) is 7.92. The van der Waals surface area contributed by atoms with Gasteiger partial charge in [0, 0.05) is 24.9 Å². The zero-order valence-corrected chi connectivity index (χ0v) is 9.17. The molecule has 1 aliphatic heterocycles. The maximum absolute atomic E-state index is 11.2. The summed E-state index contributed by atoms with van der Waals surface area (Å²) >= 11 is 0. The Balaban J connectivity index is 1.91. The fourth-order valence-corrected chi connectivity index (χ4v) is 3.03. The summed E-state index contributed by atoms with van der Waals surface area (Å²) in [4.78, 5) is 13.8. The Morgan fingerprint density at radius 3 is 2.64 bits per heavy atom. The summed E-state index contributed by atoms with van der Waals surface area (Å²) in [5, 5.41) is 0. The first-order chi connectivity index (χ1) is 6.81. The molecule has 80 valence electrons. The van der Waals surface area contributed by atoms with Gasteiger partial charge in [-0.05, 0) is 38.6 Å². The summed E-state index contributed by atoms with van der Waals surface area (Å²) in [7, 11) is 0. The minimum atomic E-state index is 0.480. The van der Waals surface area contributed by atoms with Crippen molar-refractivity contribution in [3.63, 3.8) is 0 Å². The van der Waals surface area contributed by atoms with E-state index in [9.17, 15) is 4.79 Å². The maximum Gasteiger partial charge on any atom is 0.133 e. The first-order valence-corrected chi connectivity index (χ1v) is 6.08. The Morgan fingerprint density at radius 1 is 1.29 bits per heavy atom. The molecule has 1 atom stereocenters. The molecule has 2 rings (SSSR count). The van der Waals surface area contributed by atoms with E-state index in [4.69, 9.17) is 0 Å². The van der Waals surface area contributed by atoms with Crippen molar-refractivity contribution in [3.05, 3.63) is 0 Å². The van der Waals surface area contributed by atoms with E-state index in [0.29, 0.717) is 5.78 Å². The molecule has 1 heterocycles. The lowest BCUT2D eigenvalue weighted by Gasteiger charge is -2.34. The average molecular weight is 195 g/mol. The van der Waals surface area contributed by atoms with Gasteiger partial charge in [0.05, 0.1) is 0 Å². The molecule has 2 nitrogen and oxygen atoms in total. The molecule has 0 aromatic carbocycles. The highest BCUT2D eigenvalue weighted by Crippen LogP contribution is 2.29. The maximum atomic E-state index is 11.2. The van der Waals surface area contributed by atoms with E-state index in [0.717, 1.165) is 37.8 Å². The van der Waals surface area contributed by atoms with Gasteiger partial charge in [0.25, 0.3) is 0 Å². The molecule has 0 spiro atoms. The summed E-state index contributed by atoms with van der Waals surface area (Å²) in [6, 6.07) is 1.54. The lowest BCUT2D eigenvalue weighted by Crippen LogP contribution is -2.41. The standard InChI is InChI=1S/C12H21NO/c1-2-10-4-3-9-13(10)11-5-7-12(14)8-6-11/h10-11H,2-9H2,1H3. The second-order valence-corrected chi connectivity index (χ2v) is 4.71. The third kappa shape index (κ3) is 2.00. The minimum absolute atomic E-state index is 0.480. The first-order valence-electron chi connectivity index (χ1n) is 6.08. The number of carbonyl (C=O) groups excluding carboxylic acids is 1. The fourth-order valence-electron chi connectivity index (χ4n) is 3.03. The number of hydrogen-bond donors (Lipinski definition) is 0. The summed E-state index contributed by atoms with van der Waals surface area (Å²) in [6.45, 7) is 3.56. The molecule has 14 heavy (non-hydrogen) atoms. The van der Waals surface area contributed by atoms with Crippen molar-refractivity contribution in [3.8, 4) is 0 Å². The number of rotatable bonds is 2. The van der Waals surface area contributed by atoms with Gasteiger partial charge in [-0.3, -0.25) is 9.69 Å². The molecule has 0 aromatic rings. The van der Waals surface area contributed by atoms with Crippen molar-refractivity contribution in [2.45, 2.75) is 64.0 Å². The van der Waals surface area contributed by atoms with Crippen LogP contribution >= 0.6 is 0 Å². The second-order valence-electron chi connectivity index (χ2n) is 4.71. The SMILES string of the molecule is CCC1CCCN1C1CCC(=O)CC1. The number of hydrogen-bond acceptors (Lipinski definition) is 2. The van der Waals surface area contributed by atoms with Crippen LogP contribution < -0.4 is 0 Å². The highest BCUT2D eigenvalue weighted by atomic mass is 16.1. The topological polar surface area (TPSA) is 20.3 Å². The Bertz CT molecular complexity index is 204. The van der Waals surface area contributed by atoms with Crippen LogP contribution in [-0.4, -0.2) is 29.3 Å². The van der Waals surface area contributed by atoms with Crippen LogP contribution in [0.25, 0.3) is 0 Å². The van der Waals surface area contributed by atoms with E-state index in [1.54, 1.807) is 0 Å². The van der Waals surface area contributed by atoms with Crippen LogP contribution in [0, 0.1) is 0 Å². The van der Waals surface area contributed by atoms with Crippen LogP contribution in [0.15, 0.2) is 0 Å². The highest BCUT2D eigenvalue weighted by Gasteiger charge is 2.31. The van der Waals surface area contributed by atoms with Crippen molar-refractivity contribution < 1.29 is 4.79 Å². The van der Waals surface area contributed by atoms with Crippen LogP contribution in [0.1, 0.15) is 51.9 Å². The third-order valence-electron chi connectivity index (χ3n) is 3.88. The Kier molecular flexibility index (Phi) is 3.22. The van der Waals surface area contributed by atoms with Crippen molar-refractivity contribution in [1.82, 2.24) is 4.90 Å². The van der Waals surface area contributed by atoms with Gasteiger partial charge in [-0.2, -0.15) is 0 Å². The Hall–Kier alpha value is -0.370. The Morgan fingerprint density at radius 2 is 2.00 bits per heavy atom. The van der Waals surface area contributed by atoms with Crippen LogP contribution in [-0.2, 0) is 4.79 Å². The van der Waals surface area contributed by atoms with Crippen LogP contribution in [0.5, 0.6) is 0 Å². The normalized spacial score (nSPS) is 31.2. The molecule has 2 heteroatoms. The number of nitrogens with zero attached hydrogens (tertiary/aromatic N) is 1. The molecule has 2 aliphatic rings. The number of likely N-dealkylation sites (tertiary alicyclic amines) is 1. The van der Waals surface area contributed by atoms with Crippen LogP contribution in [0.4, 0.5) is 0 Å². The smallest absolute Gasteiger partial charge is 0.133 e. The van der Waals surface area contributed by atoms with Gasteiger partial charge in [-0.25, -0.2) is 0 Å². The largest absolute Gasteiger partial charge is 0.300 e. The predicted molar refractivity (Wildman–Crippen MR) is 57.3 cm³/mol. The lowest BCUT2D eigenvalue weighted by molar-refractivity contribution is -0.121. The van der Waals surface area contributed by atoms with Gasteiger partial charge in [0.15, 0.2) is 0 Å². The molecule has 0 bridgehead atoms. The summed E-state index contributed by atoms with van der Waals surface area (Å²) in [5.41, 5.74) is 0. The molecule has 2 fully saturated rings. The molecule has 0 N–H and O–H groups in total. The lowest BCUT2D eigenvalue weighted by atomic mass is 9.92. The van der Waals surface area contributed by atoms with E-state index in [1.165, 1.54) is 25.8 Å². The van der Waals surface area contributed by atoms with Gasteiger partial charge in [-0.1, -0.05) is 6.92 Å². The molecular weight excluding hydrogens is 174 g/mol. The van der Waals surface area contributed by atoms with E-state index in [1.807, 2.05) is 0 Å². The highest BCUT2D eigenvalue weighted by molar-refractivity contribution is 5.79. The van der Waals surface area contributed by atoms with Crippen molar-refractivity contribution in [2.24, 2.45) is 0 Å². The van der Waals surface area contributed by atoms with E-state index >= 15 is 0 Å². The minimum Gasteiger partial charge on any atom is -0.300 e. The number of carbonyl (C=O) groups is 1. The van der Waals surface area contributed by atoms with Crippen LogP contribution in [0.2, 0.25) is 0 Å². The number of ketones is 1. The molecule has 0 radical (unpaired) electrons. The fraction of sp³-hybridized carbons (Fsp3) is 0.917. The number of Topliss-reactive ketones (excluding diaryl/α,β-unsaturated/α-hetero) is 1. The molecule has 1 saturated heterocycles. The van der Waals surface area contributed by atoms with Gasteiger partial charge in [0.2, 0.25) is 0 Å². The zero-order chi connectivity index (χ0) is 9.97. The average Bonchev–Trinajstić information content (AvgIpc) is 2.67. The summed E-state index contributed by atoms with van der Waals surface area (Å²) in [5.74, 6) is 0.480. The summed E-state index contributed by atoms with van der Waals surface area (Å²) < 4.78 is 0. The van der Waals surface area contributed by atoms with Crippen molar-refractivity contribution in [2.75, 3.05) is 6.54 Å². The second kappa shape index (κ2) is 4.43. The van der Waals surface area contributed by atoms with Gasteiger partial charge in [0.1, 0.15) is 5.78 Å². The molecular formula is C12H21NO. The monoisotopic (exact) mass is 195 g/mol. The first kappa shape index (κ1) is 10.2. The van der Waals surface area contributed by atoms with Gasteiger partial charge in [-0.15, -0.1) is 0 Å². The van der Waals surface area contributed by atoms with Crippen molar-refractivity contribution >= 4 is 5.78 Å². The molecule has 0 aromatic heterocycles. The molecule has 1 unspecified atom stereocenters. The molecule has 0 amide bonds. The quantitative estimate of drug-likeness (QED) is 0.674. The van der Waals surface area contributed by atoms with E-state index in [-0.39, 0.29) is 0 Å². The van der Waals surface area contributed by atoms with Gasteiger partial charge < -0.3 is 0 Å². The van der Waals surface area contributed by atoms with Gasteiger partial charge >= 0.3 is 0 Å². The van der Waals surface area contributed by atoms with E-state index < -0.39 is 0 Å². The predicted octanol–water partition coefficient (Wildman–Crippen LogP) is 2.37. The third-order valence-corrected chi connectivity index (χ3v) is 3.88. The molecule has 1 saturated carbocycles. The van der Waals surface area contributed by atoms with Crippen LogP contribution in [0.3, 0.4) is 0 Å². The zero-order valence-electron chi connectivity index (χ0n) is 9.17. The van der Waals surface area contributed by atoms with E-state index in [2.05, 4.69) is 11.8 Å². The Labute approximate surface area is 86.7 Å². The van der Waals surface area contributed by atoms with Crippen molar-refractivity contribution in [1.29, 1.82) is 0 Å². The molecule has 1 aliphatic carbocycles.